The quantitative estimate of drug-likeness (QED) is 0.667. The first-order chi connectivity index (χ1) is 9.67. The van der Waals surface area contributed by atoms with Gasteiger partial charge in [0.05, 0.1) is 12.1 Å². The van der Waals surface area contributed by atoms with Crippen molar-refractivity contribution in [3.8, 4) is 11.4 Å². The van der Waals surface area contributed by atoms with Crippen LogP contribution in [0.25, 0.3) is 16.9 Å². The molecule has 4 heteroatoms. The van der Waals surface area contributed by atoms with E-state index in [1.807, 2.05) is 35.7 Å². The molecule has 2 aromatic heterocycles. The standard InChI is InChI=1S/C16H13FN2O/c1-16(10-20-16)14-13-4-2-3-9-19(13)15(18-14)11-5-7-12(17)8-6-11/h2-9H,10H2,1H3. The van der Waals surface area contributed by atoms with Crippen LogP contribution >= 0.6 is 0 Å². The van der Waals surface area contributed by atoms with Crippen molar-refractivity contribution in [1.29, 1.82) is 0 Å². The normalized spacial score (nSPS) is 21.3. The molecule has 0 saturated carbocycles. The second-order valence-electron chi connectivity index (χ2n) is 5.27. The Bertz CT molecular complexity index is 788. The summed E-state index contributed by atoms with van der Waals surface area (Å²) >= 11 is 0. The van der Waals surface area contributed by atoms with E-state index in [0.717, 1.165) is 22.6 Å². The molecule has 1 fully saturated rings. The van der Waals surface area contributed by atoms with Crippen LogP contribution < -0.4 is 0 Å². The average Bonchev–Trinajstić information content (AvgIpc) is 3.09. The van der Waals surface area contributed by atoms with Crippen molar-refractivity contribution in [2.75, 3.05) is 6.61 Å². The Labute approximate surface area is 115 Å². The third-order valence-corrected chi connectivity index (χ3v) is 3.73. The van der Waals surface area contributed by atoms with Gasteiger partial charge in [-0.15, -0.1) is 0 Å². The molecule has 0 N–H and O–H groups in total. The van der Waals surface area contributed by atoms with Gasteiger partial charge in [0.2, 0.25) is 0 Å². The van der Waals surface area contributed by atoms with Gasteiger partial charge in [-0.25, -0.2) is 9.37 Å². The van der Waals surface area contributed by atoms with E-state index < -0.39 is 0 Å². The molecule has 1 unspecified atom stereocenters. The van der Waals surface area contributed by atoms with E-state index in [1.165, 1.54) is 12.1 Å². The summed E-state index contributed by atoms with van der Waals surface area (Å²) in [6.07, 6.45) is 1.97. The number of ether oxygens (including phenoxy) is 1. The fourth-order valence-corrected chi connectivity index (χ4v) is 2.47. The predicted molar refractivity (Wildman–Crippen MR) is 73.9 cm³/mol. The SMILES string of the molecule is CC1(c2nc(-c3ccc(F)cc3)n3ccccc23)CO1. The number of nitrogens with zero attached hydrogens (tertiary/aromatic N) is 2. The Balaban J connectivity index is 1.98. The first-order valence-corrected chi connectivity index (χ1v) is 6.55. The van der Waals surface area contributed by atoms with E-state index in [4.69, 9.17) is 9.72 Å². The van der Waals surface area contributed by atoms with E-state index >= 15 is 0 Å². The lowest BCUT2D eigenvalue weighted by atomic mass is 10.1. The zero-order chi connectivity index (χ0) is 13.7. The molecule has 0 spiro atoms. The summed E-state index contributed by atoms with van der Waals surface area (Å²) in [6, 6.07) is 12.4. The minimum absolute atomic E-state index is 0.243. The highest BCUT2D eigenvalue weighted by Gasteiger charge is 2.45. The minimum atomic E-state index is -0.287. The number of imidazole rings is 1. The molecule has 1 aliphatic heterocycles. The summed E-state index contributed by atoms with van der Waals surface area (Å²) in [5.41, 5.74) is 2.58. The number of hydrogen-bond donors (Lipinski definition) is 0. The maximum atomic E-state index is 13.1. The van der Waals surface area contributed by atoms with Gasteiger partial charge in [-0.05, 0) is 43.3 Å². The third kappa shape index (κ3) is 1.65. The molecule has 3 nitrogen and oxygen atoms in total. The summed E-state index contributed by atoms with van der Waals surface area (Å²) in [4.78, 5) is 4.74. The van der Waals surface area contributed by atoms with Crippen molar-refractivity contribution >= 4 is 5.52 Å². The molecule has 0 amide bonds. The molecule has 1 aliphatic rings. The molecule has 0 aliphatic carbocycles. The topological polar surface area (TPSA) is 29.8 Å². The molecule has 1 saturated heterocycles. The Hall–Kier alpha value is -2.20. The maximum Gasteiger partial charge on any atom is 0.144 e. The van der Waals surface area contributed by atoms with Crippen molar-refractivity contribution in [3.63, 3.8) is 0 Å². The van der Waals surface area contributed by atoms with E-state index in [2.05, 4.69) is 0 Å². The lowest BCUT2D eigenvalue weighted by Gasteiger charge is -2.01. The summed E-state index contributed by atoms with van der Waals surface area (Å²) in [7, 11) is 0. The molecule has 0 radical (unpaired) electrons. The number of benzene rings is 1. The molecular formula is C16H13FN2O. The van der Waals surface area contributed by atoms with Gasteiger partial charge < -0.3 is 4.74 Å². The number of hydrogen-bond acceptors (Lipinski definition) is 2. The van der Waals surface area contributed by atoms with Gasteiger partial charge in [-0.2, -0.15) is 0 Å². The Morgan fingerprint density at radius 1 is 1.20 bits per heavy atom. The number of fused-ring (bicyclic) bond motifs is 1. The van der Waals surface area contributed by atoms with Gasteiger partial charge in [0.15, 0.2) is 0 Å². The zero-order valence-electron chi connectivity index (χ0n) is 11.0. The molecule has 100 valence electrons. The van der Waals surface area contributed by atoms with E-state index in [9.17, 15) is 4.39 Å². The first kappa shape index (κ1) is 11.6. The Kier molecular flexibility index (Phi) is 2.26. The van der Waals surface area contributed by atoms with Gasteiger partial charge in [0.1, 0.15) is 22.9 Å². The maximum absolute atomic E-state index is 13.1. The zero-order valence-corrected chi connectivity index (χ0v) is 11.0. The summed E-state index contributed by atoms with van der Waals surface area (Å²) in [5, 5.41) is 0. The van der Waals surface area contributed by atoms with Gasteiger partial charge >= 0.3 is 0 Å². The monoisotopic (exact) mass is 268 g/mol. The molecule has 3 heterocycles. The third-order valence-electron chi connectivity index (χ3n) is 3.73. The van der Waals surface area contributed by atoms with Crippen molar-refractivity contribution in [3.05, 3.63) is 60.2 Å². The van der Waals surface area contributed by atoms with Crippen LogP contribution in [0.5, 0.6) is 0 Å². The molecule has 0 bridgehead atoms. The number of aromatic nitrogens is 2. The van der Waals surface area contributed by atoms with E-state index in [0.29, 0.717) is 6.61 Å². The number of pyridine rings is 1. The lowest BCUT2D eigenvalue weighted by molar-refractivity contribution is 0.326. The van der Waals surface area contributed by atoms with Crippen molar-refractivity contribution < 1.29 is 9.13 Å². The Morgan fingerprint density at radius 3 is 2.65 bits per heavy atom. The van der Waals surface area contributed by atoms with E-state index in [-0.39, 0.29) is 11.4 Å². The van der Waals surface area contributed by atoms with Crippen LogP contribution in [0, 0.1) is 5.82 Å². The lowest BCUT2D eigenvalue weighted by Crippen LogP contribution is -2.03. The summed E-state index contributed by atoms with van der Waals surface area (Å²) < 4.78 is 20.6. The van der Waals surface area contributed by atoms with Crippen LogP contribution in [0.15, 0.2) is 48.7 Å². The van der Waals surface area contributed by atoms with Gasteiger partial charge in [0, 0.05) is 11.8 Å². The van der Waals surface area contributed by atoms with Crippen LogP contribution in [0.3, 0.4) is 0 Å². The second kappa shape index (κ2) is 3.90. The minimum Gasteiger partial charge on any atom is -0.363 e. The van der Waals surface area contributed by atoms with E-state index in [1.54, 1.807) is 12.1 Å². The summed E-state index contributed by atoms with van der Waals surface area (Å²) in [5.74, 6) is 0.569. The van der Waals surface area contributed by atoms with Gasteiger partial charge in [-0.3, -0.25) is 4.40 Å². The second-order valence-corrected chi connectivity index (χ2v) is 5.27. The fraction of sp³-hybridized carbons (Fsp3) is 0.188. The predicted octanol–water partition coefficient (Wildman–Crippen LogP) is 3.39. The molecule has 3 aromatic rings. The molecule has 20 heavy (non-hydrogen) atoms. The average molecular weight is 268 g/mol. The number of halogens is 1. The molecule has 1 aromatic carbocycles. The fourth-order valence-electron chi connectivity index (χ4n) is 2.47. The van der Waals surface area contributed by atoms with Crippen molar-refractivity contribution in [1.82, 2.24) is 9.38 Å². The van der Waals surface area contributed by atoms with Crippen LogP contribution in [0.4, 0.5) is 4.39 Å². The van der Waals surface area contributed by atoms with Crippen LogP contribution in [-0.4, -0.2) is 16.0 Å². The van der Waals surface area contributed by atoms with Crippen molar-refractivity contribution in [2.24, 2.45) is 0 Å². The smallest absolute Gasteiger partial charge is 0.144 e. The van der Waals surface area contributed by atoms with Crippen molar-refractivity contribution in [2.45, 2.75) is 12.5 Å². The molecule has 1 atom stereocenters. The molecular weight excluding hydrogens is 255 g/mol. The number of epoxide rings is 1. The highest BCUT2D eigenvalue weighted by molar-refractivity contribution is 5.67. The highest BCUT2D eigenvalue weighted by atomic mass is 19.1. The van der Waals surface area contributed by atoms with Crippen LogP contribution in [-0.2, 0) is 10.3 Å². The van der Waals surface area contributed by atoms with Gasteiger partial charge in [-0.1, -0.05) is 6.07 Å². The number of rotatable bonds is 2. The largest absolute Gasteiger partial charge is 0.363 e. The van der Waals surface area contributed by atoms with Gasteiger partial charge in [0.25, 0.3) is 0 Å². The van der Waals surface area contributed by atoms with Crippen LogP contribution in [0.2, 0.25) is 0 Å². The first-order valence-electron chi connectivity index (χ1n) is 6.55. The van der Waals surface area contributed by atoms with Crippen LogP contribution in [0.1, 0.15) is 12.6 Å². The summed E-state index contributed by atoms with van der Waals surface area (Å²) in [6.45, 7) is 2.73. The Morgan fingerprint density at radius 2 is 1.95 bits per heavy atom. The highest BCUT2D eigenvalue weighted by Crippen LogP contribution is 2.40. The molecule has 4 rings (SSSR count).